The Kier molecular flexibility index (Phi) is 4.69. The van der Waals surface area contributed by atoms with E-state index in [9.17, 15) is 19.5 Å². The third-order valence-electron chi connectivity index (χ3n) is 4.57. The van der Waals surface area contributed by atoms with Crippen molar-refractivity contribution < 1.29 is 24.6 Å². The molecule has 2 atom stereocenters. The van der Waals surface area contributed by atoms with E-state index >= 15 is 0 Å². The quantitative estimate of drug-likeness (QED) is 0.790. The number of hydrogen-bond donors (Lipinski definition) is 2. The van der Waals surface area contributed by atoms with Crippen LogP contribution in [0.5, 0.6) is 0 Å². The van der Waals surface area contributed by atoms with Gasteiger partial charge in [0.2, 0.25) is 0 Å². The van der Waals surface area contributed by atoms with Gasteiger partial charge in [0, 0.05) is 26.2 Å². The lowest BCUT2D eigenvalue weighted by atomic mass is 9.85. The maximum atomic E-state index is 12.4. The minimum Gasteiger partial charge on any atom is -0.481 e. The number of nitrogens with zero attached hydrogens (tertiary/aromatic N) is 2. The lowest BCUT2D eigenvalue weighted by Gasteiger charge is -2.39. The molecule has 2 fully saturated rings. The van der Waals surface area contributed by atoms with Gasteiger partial charge in [0.25, 0.3) is 0 Å². The lowest BCUT2D eigenvalue weighted by molar-refractivity contribution is -0.156. The Balaban J connectivity index is 2.00. The highest BCUT2D eigenvalue weighted by Crippen LogP contribution is 2.26. The maximum Gasteiger partial charge on any atom is 0.320 e. The fourth-order valence-electron chi connectivity index (χ4n) is 3.07. The predicted octanol–water partition coefficient (Wildman–Crippen LogP) is 0.946. The molecule has 0 aromatic rings. The Labute approximate surface area is 123 Å². The fourth-order valence-corrected chi connectivity index (χ4v) is 3.07. The second-order valence-corrected chi connectivity index (χ2v) is 6.08. The molecule has 2 rings (SSSR count). The van der Waals surface area contributed by atoms with Crippen LogP contribution < -0.4 is 0 Å². The molecule has 2 aliphatic heterocycles. The molecule has 7 nitrogen and oxygen atoms in total. The number of carbonyl (C=O) groups excluding carboxylic acids is 1. The zero-order chi connectivity index (χ0) is 15.6. The predicted molar refractivity (Wildman–Crippen MR) is 73.8 cm³/mol. The molecule has 2 amide bonds. The number of aliphatic carboxylic acids is 2. The highest BCUT2D eigenvalue weighted by molar-refractivity contribution is 5.82. The summed E-state index contributed by atoms with van der Waals surface area (Å²) in [6, 6.07) is -0.156. The Morgan fingerprint density at radius 3 is 1.90 bits per heavy atom. The molecule has 0 aromatic carbocycles. The first kappa shape index (κ1) is 15.6. The van der Waals surface area contributed by atoms with Crippen molar-refractivity contribution in [1.29, 1.82) is 0 Å². The van der Waals surface area contributed by atoms with Gasteiger partial charge in [-0.05, 0) is 25.2 Å². The molecule has 118 valence electrons. The van der Waals surface area contributed by atoms with E-state index in [0.29, 0.717) is 25.6 Å². The largest absolute Gasteiger partial charge is 0.481 e. The summed E-state index contributed by atoms with van der Waals surface area (Å²) in [7, 11) is 0. The van der Waals surface area contributed by atoms with E-state index in [2.05, 4.69) is 6.92 Å². The fraction of sp³-hybridized carbons (Fsp3) is 0.786. The van der Waals surface area contributed by atoms with E-state index in [4.69, 9.17) is 5.11 Å². The number of piperidine rings is 2. The first-order valence-electron chi connectivity index (χ1n) is 7.39. The van der Waals surface area contributed by atoms with E-state index in [1.165, 1.54) is 4.90 Å². The number of rotatable bonds is 2. The SMILES string of the molecule is CC1CCN(C(=O)N2CCC(C(=O)O)C(C(=O)O)C2)CC1. The van der Waals surface area contributed by atoms with Crippen molar-refractivity contribution in [1.82, 2.24) is 9.80 Å². The van der Waals surface area contributed by atoms with Crippen LogP contribution in [0.1, 0.15) is 26.2 Å². The summed E-state index contributed by atoms with van der Waals surface area (Å²) in [6.45, 7) is 3.83. The molecule has 0 spiro atoms. The molecule has 7 heteroatoms. The summed E-state index contributed by atoms with van der Waals surface area (Å²) in [5.74, 6) is -3.57. The van der Waals surface area contributed by atoms with E-state index < -0.39 is 23.8 Å². The molecule has 0 bridgehead atoms. The summed E-state index contributed by atoms with van der Waals surface area (Å²) in [6.07, 6.45) is 2.11. The third-order valence-corrected chi connectivity index (χ3v) is 4.57. The standard InChI is InChI=1S/C14H22N2O5/c1-9-2-5-15(6-3-9)14(21)16-7-4-10(12(17)18)11(8-16)13(19)20/h9-11H,2-8H2,1H3,(H,17,18)(H,19,20). The first-order chi connectivity index (χ1) is 9.90. The first-order valence-corrected chi connectivity index (χ1v) is 7.39. The Morgan fingerprint density at radius 1 is 0.857 bits per heavy atom. The molecule has 2 aliphatic rings. The van der Waals surface area contributed by atoms with Crippen molar-refractivity contribution in [2.75, 3.05) is 26.2 Å². The van der Waals surface area contributed by atoms with Crippen molar-refractivity contribution >= 4 is 18.0 Å². The van der Waals surface area contributed by atoms with Crippen LogP contribution in [0.4, 0.5) is 4.79 Å². The Bertz CT molecular complexity index is 431. The number of carboxylic acid groups (broad SMARTS) is 2. The maximum absolute atomic E-state index is 12.4. The molecule has 2 saturated heterocycles. The van der Waals surface area contributed by atoms with E-state index in [1.807, 2.05) is 0 Å². The Morgan fingerprint density at radius 2 is 1.38 bits per heavy atom. The molecule has 2 N–H and O–H groups in total. The van der Waals surface area contributed by atoms with Gasteiger partial charge < -0.3 is 20.0 Å². The average molecular weight is 298 g/mol. The molecular weight excluding hydrogens is 276 g/mol. The number of carbonyl (C=O) groups is 3. The van der Waals surface area contributed by atoms with Crippen LogP contribution in [-0.2, 0) is 9.59 Å². The van der Waals surface area contributed by atoms with Crippen molar-refractivity contribution in [2.45, 2.75) is 26.2 Å². The van der Waals surface area contributed by atoms with E-state index in [1.54, 1.807) is 4.90 Å². The number of carboxylic acids is 2. The van der Waals surface area contributed by atoms with E-state index in [0.717, 1.165) is 12.8 Å². The second-order valence-electron chi connectivity index (χ2n) is 6.08. The van der Waals surface area contributed by atoms with Crippen molar-refractivity contribution in [3.8, 4) is 0 Å². The Hall–Kier alpha value is -1.79. The topological polar surface area (TPSA) is 98.2 Å². The molecule has 0 radical (unpaired) electrons. The van der Waals surface area contributed by atoms with Gasteiger partial charge in [-0.3, -0.25) is 9.59 Å². The summed E-state index contributed by atoms with van der Waals surface area (Å²) in [4.78, 5) is 38.0. The lowest BCUT2D eigenvalue weighted by Crippen LogP contribution is -2.53. The van der Waals surface area contributed by atoms with Gasteiger partial charge in [-0.1, -0.05) is 6.92 Å². The van der Waals surface area contributed by atoms with Gasteiger partial charge in [0.1, 0.15) is 0 Å². The smallest absolute Gasteiger partial charge is 0.320 e. The second kappa shape index (κ2) is 6.32. The van der Waals surface area contributed by atoms with Gasteiger partial charge in [0.15, 0.2) is 0 Å². The van der Waals surface area contributed by atoms with Crippen LogP contribution in [0, 0.1) is 17.8 Å². The van der Waals surface area contributed by atoms with Crippen LogP contribution in [0.2, 0.25) is 0 Å². The number of hydrogen-bond acceptors (Lipinski definition) is 3. The van der Waals surface area contributed by atoms with Crippen LogP contribution >= 0.6 is 0 Å². The highest BCUT2D eigenvalue weighted by atomic mass is 16.4. The number of urea groups is 1. The molecule has 0 aromatic heterocycles. The minimum absolute atomic E-state index is 0.0167. The zero-order valence-corrected chi connectivity index (χ0v) is 12.2. The van der Waals surface area contributed by atoms with Crippen LogP contribution in [0.15, 0.2) is 0 Å². The summed E-state index contributed by atoms with van der Waals surface area (Å²) >= 11 is 0. The molecule has 21 heavy (non-hydrogen) atoms. The molecule has 0 aliphatic carbocycles. The third kappa shape index (κ3) is 3.46. The van der Waals surface area contributed by atoms with Crippen LogP contribution in [0.3, 0.4) is 0 Å². The van der Waals surface area contributed by atoms with Gasteiger partial charge in [-0.25, -0.2) is 4.79 Å². The minimum atomic E-state index is -1.15. The van der Waals surface area contributed by atoms with Gasteiger partial charge >= 0.3 is 18.0 Å². The monoisotopic (exact) mass is 298 g/mol. The summed E-state index contributed by atoms with van der Waals surface area (Å²) in [5, 5.41) is 18.3. The summed E-state index contributed by atoms with van der Waals surface area (Å²) < 4.78 is 0. The highest BCUT2D eigenvalue weighted by Gasteiger charge is 2.41. The van der Waals surface area contributed by atoms with Crippen LogP contribution in [-0.4, -0.2) is 64.2 Å². The average Bonchev–Trinajstić information content (AvgIpc) is 2.46. The van der Waals surface area contributed by atoms with Crippen molar-refractivity contribution in [3.05, 3.63) is 0 Å². The molecular formula is C14H22N2O5. The number of amides is 2. The normalized spacial score (nSPS) is 27.5. The molecule has 2 heterocycles. The molecule has 2 unspecified atom stereocenters. The number of likely N-dealkylation sites (tertiary alicyclic amines) is 2. The van der Waals surface area contributed by atoms with Gasteiger partial charge in [-0.2, -0.15) is 0 Å². The van der Waals surface area contributed by atoms with Crippen molar-refractivity contribution in [2.24, 2.45) is 17.8 Å². The van der Waals surface area contributed by atoms with Gasteiger partial charge in [0.05, 0.1) is 11.8 Å². The summed E-state index contributed by atoms with van der Waals surface area (Å²) in [5.41, 5.74) is 0. The van der Waals surface area contributed by atoms with E-state index in [-0.39, 0.29) is 19.0 Å². The molecule has 0 saturated carbocycles. The van der Waals surface area contributed by atoms with Crippen LogP contribution in [0.25, 0.3) is 0 Å². The van der Waals surface area contributed by atoms with Gasteiger partial charge in [-0.15, -0.1) is 0 Å². The zero-order valence-electron chi connectivity index (χ0n) is 12.2. The van der Waals surface area contributed by atoms with Crippen molar-refractivity contribution in [3.63, 3.8) is 0 Å².